The third-order valence-corrected chi connectivity index (χ3v) is 5.46. The molecule has 4 rings (SSSR count). The maximum absolute atomic E-state index is 12.6. The van der Waals surface area contributed by atoms with Gasteiger partial charge in [-0.1, -0.05) is 0 Å². The summed E-state index contributed by atoms with van der Waals surface area (Å²) in [5.41, 5.74) is 3.16. The Kier molecular flexibility index (Phi) is 4.96. The normalized spacial score (nSPS) is 13.8. The van der Waals surface area contributed by atoms with Crippen LogP contribution in [0.5, 0.6) is 0 Å². The van der Waals surface area contributed by atoms with Crippen molar-refractivity contribution in [2.75, 3.05) is 6.54 Å². The second-order valence-electron chi connectivity index (χ2n) is 7.94. The summed E-state index contributed by atoms with van der Waals surface area (Å²) in [6.07, 6.45) is 3.67. The molecule has 0 spiro atoms. The molecular formula is C21H22N4O3S. The second kappa shape index (κ2) is 7.44. The van der Waals surface area contributed by atoms with E-state index in [1.54, 1.807) is 17.3 Å². The highest BCUT2D eigenvalue weighted by atomic mass is 32.1. The number of thiazole rings is 1. The van der Waals surface area contributed by atoms with Crippen LogP contribution in [0.1, 0.15) is 32.0 Å². The van der Waals surface area contributed by atoms with Gasteiger partial charge in [0.15, 0.2) is 0 Å². The number of pyridine rings is 2. The number of carbonyl (C=O) groups is 1. The minimum absolute atomic E-state index is 0.166. The summed E-state index contributed by atoms with van der Waals surface area (Å²) in [4.78, 5) is 38.3. The molecule has 0 bridgehead atoms. The number of fused-ring (bicyclic) bond motifs is 1. The van der Waals surface area contributed by atoms with Gasteiger partial charge in [-0.05, 0) is 44.5 Å². The van der Waals surface area contributed by atoms with E-state index < -0.39 is 5.60 Å². The Morgan fingerprint density at radius 3 is 2.76 bits per heavy atom. The zero-order valence-electron chi connectivity index (χ0n) is 16.6. The fourth-order valence-corrected chi connectivity index (χ4v) is 4.03. The van der Waals surface area contributed by atoms with E-state index in [2.05, 4.69) is 15.0 Å². The van der Waals surface area contributed by atoms with Gasteiger partial charge in [0.2, 0.25) is 0 Å². The lowest BCUT2D eigenvalue weighted by Crippen LogP contribution is -2.40. The highest BCUT2D eigenvalue weighted by molar-refractivity contribution is 7.13. The Labute approximate surface area is 172 Å². The van der Waals surface area contributed by atoms with Crippen LogP contribution in [-0.4, -0.2) is 38.1 Å². The third-order valence-electron chi connectivity index (χ3n) is 4.57. The topological polar surface area (TPSA) is 88.2 Å². The summed E-state index contributed by atoms with van der Waals surface area (Å²) in [5, 5.41) is 2.70. The van der Waals surface area contributed by atoms with Crippen LogP contribution in [0, 0.1) is 0 Å². The van der Waals surface area contributed by atoms with Crippen LogP contribution in [0.25, 0.3) is 21.8 Å². The third kappa shape index (κ3) is 4.22. The molecule has 0 saturated heterocycles. The average Bonchev–Trinajstić information content (AvgIpc) is 3.16. The molecule has 0 unspecified atom stereocenters. The summed E-state index contributed by atoms with van der Waals surface area (Å²) >= 11 is 1.48. The number of aromatic amines is 1. The highest BCUT2D eigenvalue weighted by Crippen LogP contribution is 2.28. The van der Waals surface area contributed by atoms with Gasteiger partial charge in [-0.2, -0.15) is 0 Å². The summed E-state index contributed by atoms with van der Waals surface area (Å²) in [5.74, 6) is 0. The number of aromatic nitrogens is 3. The van der Waals surface area contributed by atoms with E-state index in [0.29, 0.717) is 30.8 Å². The molecule has 1 aliphatic heterocycles. The Morgan fingerprint density at radius 1 is 1.28 bits per heavy atom. The zero-order chi connectivity index (χ0) is 20.6. The van der Waals surface area contributed by atoms with E-state index in [-0.39, 0.29) is 11.7 Å². The molecule has 0 fully saturated rings. The van der Waals surface area contributed by atoms with E-state index in [4.69, 9.17) is 4.74 Å². The van der Waals surface area contributed by atoms with Crippen LogP contribution in [0.2, 0.25) is 0 Å². The largest absolute Gasteiger partial charge is 0.444 e. The van der Waals surface area contributed by atoms with E-state index in [1.807, 2.05) is 44.4 Å². The van der Waals surface area contributed by atoms with Gasteiger partial charge in [-0.15, -0.1) is 11.3 Å². The highest BCUT2D eigenvalue weighted by Gasteiger charge is 2.27. The molecule has 0 radical (unpaired) electrons. The standard InChI is InChI=1S/C21H22N4O3S/c1-21(2,3)28-20(27)25-9-6-16-14(11-25)10-15(18(26)23-16)17-12-29-19(24-17)13-4-7-22-8-5-13/h4-5,7-8,10,12H,6,9,11H2,1-3H3,(H,23,26). The SMILES string of the molecule is CC(C)(C)OC(=O)N1CCc2[nH]c(=O)c(-c3csc(-c4ccncc4)n3)cc2C1. The van der Waals surface area contributed by atoms with Gasteiger partial charge in [-0.3, -0.25) is 9.78 Å². The van der Waals surface area contributed by atoms with Gasteiger partial charge in [0.25, 0.3) is 5.56 Å². The van der Waals surface area contributed by atoms with Gasteiger partial charge in [0, 0.05) is 42.0 Å². The van der Waals surface area contributed by atoms with Crippen molar-refractivity contribution in [3.05, 3.63) is 57.6 Å². The minimum atomic E-state index is -0.544. The molecule has 0 aromatic carbocycles. The average molecular weight is 410 g/mol. The summed E-state index contributed by atoms with van der Waals surface area (Å²) in [7, 11) is 0. The first-order chi connectivity index (χ1) is 13.8. The lowest BCUT2D eigenvalue weighted by atomic mass is 10.0. The fourth-order valence-electron chi connectivity index (χ4n) is 3.20. The van der Waals surface area contributed by atoms with E-state index in [9.17, 15) is 9.59 Å². The number of hydrogen-bond acceptors (Lipinski definition) is 6. The molecule has 0 saturated carbocycles. The van der Waals surface area contributed by atoms with E-state index >= 15 is 0 Å². The number of nitrogens with one attached hydrogen (secondary N) is 1. The van der Waals surface area contributed by atoms with Crippen LogP contribution in [0.15, 0.2) is 40.8 Å². The van der Waals surface area contributed by atoms with Crippen molar-refractivity contribution >= 4 is 17.4 Å². The fraction of sp³-hybridized carbons (Fsp3) is 0.333. The quantitative estimate of drug-likeness (QED) is 0.693. The van der Waals surface area contributed by atoms with Crippen molar-refractivity contribution in [1.82, 2.24) is 19.9 Å². The van der Waals surface area contributed by atoms with Crippen molar-refractivity contribution in [1.29, 1.82) is 0 Å². The van der Waals surface area contributed by atoms with E-state index in [0.717, 1.165) is 21.8 Å². The van der Waals surface area contributed by atoms with Gasteiger partial charge in [0.1, 0.15) is 10.6 Å². The lowest BCUT2D eigenvalue weighted by Gasteiger charge is -2.31. The minimum Gasteiger partial charge on any atom is -0.444 e. The smallest absolute Gasteiger partial charge is 0.410 e. The van der Waals surface area contributed by atoms with Gasteiger partial charge in [0.05, 0.1) is 17.8 Å². The van der Waals surface area contributed by atoms with Crippen LogP contribution < -0.4 is 5.56 Å². The zero-order valence-corrected chi connectivity index (χ0v) is 17.4. The Hall–Kier alpha value is -3.00. The molecule has 3 aromatic heterocycles. The predicted octanol–water partition coefficient (Wildman–Crippen LogP) is 3.85. The number of ether oxygens (including phenoxy) is 1. The molecule has 1 aliphatic rings. The number of H-pyrrole nitrogens is 1. The molecule has 7 nitrogen and oxygen atoms in total. The van der Waals surface area contributed by atoms with Crippen LogP contribution >= 0.6 is 11.3 Å². The maximum atomic E-state index is 12.6. The molecule has 3 aromatic rings. The first-order valence-electron chi connectivity index (χ1n) is 9.39. The first kappa shape index (κ1) is 19.3. The monoisotopic (exact) mass is 410 g/mol. The second-order valence-corrected chi connectivity index (χ2v) is 8.80. The maximum Gasteiger partial charge on any atom is 0.410 e. The van der Waals surface area contributed by atoms with Crippen LogP contribution in [0.4, 0.5) is 4.79 Å². The number of carbonyl (C=O) groups excluding carboxylic acids is 1. The van der Waals surface area contributed by atoms with Crippen molar-refractivity contribution in [3.8, 4) is 21.8 Å². The molecule has 4 heterocycles. The summed E-state index contributed by atoms with van der Waals surface area (Å²) < 4.78 is 5.48. The number of hydrogen-bond donors (Lipinski definition) is 1. The van der Waals surface area contributed by atoms with Crippen LogP contribution in [0.3, 0.4) is 0 Å². The molecule has 150 valence electrons. The number of nitrogens with zero attached hydrogens (tertiary/aromatic N) is 3. The molecule has 29 heavy (non-hydrogen) atoms. The molecule has 8 heteroatoms. The van der Waals surface area contributed by atoms with Crippen molar-refractivity contribution < 1.29 is 9.53 Å². The van der Waals surface area contributed by atoms with Gasteiger partial charge >= 0.3 is 6.09 Å². The van der Waals surface area contributed by atoms with Gasteiger partial charge < -0.3 is 14.6 Å². The molecule has 1 amide bonds. The van der Waals surface area contributed by atoms with E-state index in [1.165, 1.54) is 11.3 Å². The summed E-state index contributed by atoms with van der Waals surface area (Å²) in [6.45, 7) is 6.46. The van der Waals surface area contributed by atoms with Gasteiger partial charge in [-0.25, -0.2) is 9.78 Å². The van der Waals surface area contributed by atoms with Crippen molar-refractivity contribution in [2.45, 2.75) is 39.3 Å². The van der Waals surface area contributed by atoms with Crippen molar-refractivity contribution in [2.24, 2.45) is 0 Å². The molecular weight excluding hydrogens is 388 g/mol. The Bertz CT molecular complexity index is 1100. The first-order valence-corrected chi connectivity index (χ1v) is 10.3. The molecule has 1 N–H and O–H groups in total. The predicted molar refractivity (Wildman–Crippen MR) is 112 cm³/mol. The molecule has 0 aliphatic carbocycles. The van der Waals surface area contributed by atoms with Crippen LogP contribution in [-0.2, 0) is 17.7 Å². The lowest BCUT2D eigenvalue weighted by molar-refractivity contribution is 0.0222. The number of rotatable bonds is 2. The number of amides is 1. The Balaban J connectivity index is 1.62. The van der Waals surface area contributed by atoms with Crippen molar-refractivity contribution in [3.63, 3.8) is 0 Å². The summed E-state index contributed by atoms with van der Waals surface area (Å²) in [6, 6.07) is 5.62. The Morgan fingerprint density at radius 2 is 2.03 bits per heavy atom. The molecule has 0 atom stereocenters.